The van der Waals surface area contributed by atoms with Gasteiger partial charge in [0.25, 0.3) is 0 Å². The van der Waals surface area contributed by atoms with Gasteiger partial charge in [0.2, 0.25) is 10.0 Å². The molecule has 0 aliphatic rings. The van der Waals surface area contributed by atoms with Gasteiger partial charge in [0.05, 0.1) is 12.2 Å². The number of hydrogen-bond donors (Lipinski definition) is 1. The summed E-state index contributed by atoms with van der Waals surface area (Å²) < 4.78 is 25.2. The van der Waals surface area contributed by atoms with Gasteiger partial charge in [-0.1, -0.05) is 33.6 Å². The molecule has 0 aromatic heterocycles. The van der Waals surface area contributed by atoms with Crippen molar-refractivity contribution in [2.75, 3.05) is 18.8 Å². The maximum atomic E-state index is 11.9. The number of nitrogens with zero attached hydrogens (tertiary/aromatic N) is 1. The summed E-state index contributed by atoms with van der Waals surface area (Å²) in [5, 5.41) is 8.52. The van der Waals surface area contributed by atoms with Crippen molar-refractivity contribution in [1.29, 1.82) is 0 Å². The van der Waals surface area contributed by atoms with Crippen molar-refractivity contribution in [1.82, 2.24) is 4.31 Å². The number of sulfonamides is 1. The van der Waals surface area contributed by atoms with Crippen LogP contribution in [0.3, 0.4) is 0 Å². The minimum atomic E-state index is -3.43. The van der Waals surface area contributed by atoms with Crippen molar-refractivity contribution in [2.45, 2.75) is 40.0 Å². The molecule has 0 fully saturated rings. The van der Waals surface area contributed by atoms with E-state index in [-0.39, 0.29) is 12.2 Å². The molecule has 0 aromatic carbocycles. The number of aliphatic carboxylic acids is 1. The molecule has 0 spiro atoms. The maximum absolute atomic E-state index is 11.9. The van der Waals surface area contributed by atoms with Crippen LogP contribution < -0.4 is 0 Å². The smallest absolute Gasteiger partial charge is 0.304 e. The third-order valence-electron chi connectivity index (χ3n) is 2.94. The van der Waals surface area contributed by atoms with Crippen LogP contribution in [0.2, 0.25) is 0 Å². The molecule has 0 unspecified atom stereocenters. The van der Waals surface area contributed by atoms with Gasteiger partial charge in [-0.05, 0) is 5.92 Å². The topological polar surface area (TPSA) is 74.7 Å². The Kier molecular flexibility index (Phi) is 7.38. The fourth-order valence-electron chi connectivity index (χ4n) is 1.62. The average Bonchev–Trinajstić information content (AvgIpc) is 2.28. The van der Waals surface area contributed by atoms with Crippen LogP contribution in [0.4, 0.5) is 0 Å². The summed E-state index contributed by atoms with van der Waals surface area (Å²) >= 11 is 0. The molecule has 6 heteroatoms. The molecule has 102 valence electrons. The van der Waals surface area contributed by atoms with E-state index in [0.29, 0.717) is 19.0 Å². The van der Waals surface area contributed by atoms with E-state index in [2.05, 4.69) is 0 Å². The highest BCUT2D eigenvalue weighted by Crippen LogP contribution is 2.13. The molecule has 0 heterocycles. The lowest BCUT2D eigenvalue weighted by molar-refractivity contribution is -0.136. The molecular weight excluding hydrogens is 242 g/mol. The van der Waals surface area contributed by atoms with Crippen LogP contribution in [-0.4, -0.2) is 42.6 Å². The van der Waals surface area contributed by atoms with Crippen LogP contribution in [0, 0.1) is 5.92 Å². The molecule has 17 heavy (non-hydrogen) atoms. The summed E-state index contributed by atoms with van der Waals surface area (Å²) in [6.45, 7) is 6.74. The standard InChI is InChI=1S/C11H23NO4S/c1-4-10(5-2)9-12(6-3)17(15,16)8-7-11(13)14/h10H,4-9H2,1-3H3,(H,13,14). The Morgan fingerprint density at radius 2 is 1.76 bits per heavy atom. The first-order valence-electron chi connectivity index (χ1n) is 6.06. The predicted molar refractivity (Wildman–Crippen MR) is 67.4 cm³/mol. The lowest BCUT2D eigenvalue weighted by Crippen LogP contribution is -2.37. The van der Waals surface area contributed by atoms with Gasteiger partial charge in [-0.3, -0.25) is 4.79 Å². The number of carbonyl (C=O) groups is 1. The Morgan fingerprint density at radius 3 is 2.12 bits per heavy atom. The first-order valence-corrected chi connectivity index (χ1v) is 7.67. The highest BCUT2D eigenvalue weighted by molar-refractivity contribution is 7.89. The fraction of sp³-hybridized carbons (Fsp3) is 0.909. The Balaban J connectivity index is 4.57. The molecule has 0 saturated carbocycles. The van der Waals surface area contributed by atoms with Gasteiger partial charge in [-0.25, -0.2) is 12.7 Å². The van der Waals surface area contributed by atoms with E-state index in [1.54, 1.807) is 6.92 Å². The van der Waals surface area contributed by atoms with Gasteiger partial charge in [-0.15, -0.1) is 0 Å². The molecule has 1 N–H and O–H groups in total. The minimum absolute atomic E-state index is 0.309. The number of rotatable bonds is 9. The Bertz CT molecular complexity index is 322. The van der Waals surface area contributed by atoms with E-state index in [4.69, 9.17) is 5.11 Å². The van der Waals surface area contributed by atoms with Crippen LogP contribution in [0.25, 0.3) is 0 Å². The van der Waals surface area contributed by atoms with Crippen LogP contribution in [-0.2, 0) is 14.8 Å². The van der Waals surface area contributed by atoms with E-state index in [1.807, 2.05) is 13.8 Å². The fourth-order valence-corrected chi connectivity index (χ4v) is 3.14. The number of carboxylic acid groups (broad SMARTS) is 1. The summed E-state index contributed by atoms with van der Waals surface area (Å²) in [4.78, 5) is 10.4. The van der Waals surface area contributed by atoms with E-state index in [9.17, 15) is 13.2 Å². The van der Waals surface area contributed by atoms with Gasteiger partial charge in [0, 0.05) is 13.1 Å². The zero-order valence-electron chi connectivity index (χ0n) is 10.8. The van der Waals surface area contributed by atoms with Crippen molar-refractivity contribution in [3.8, 4) is 0 Å². The van der Waals surface area contributed by atoms with Gasteiger partial charge in [0.1, 0.15) is 0 Å². The molecule has 0 aliphatic heterocycles. The second-order valence-corrected chi connectivity index (χ2v) is 6.18. The van der Waals surface area contributed by atoms with E-state index in [1.165, 1.54) is 4.31 Å². The molecule has 0 saturated heterocycles. The largest absolute Gasteiger partial charge is 0.481 e. The van der Waals surface area contributed by atoms with Crippen LogP contribution in [0.1, 0.15) is 40.0 Å². The lowest BCUT2D eigenvalue weighted by atomic mass is 10.0. The summed E-state index contributed by atoms with van der Waals surface area (Å²) in [7, 11) is -3.43. The van der Waals surface area contributed by atoms with Gasteiger partial charge in [0.15, 0.2) is 0 Å². The summed E-state index contributed by atoms with van der Waals surface area (Å²) in [6, 6.07) is 0. The van der Waals surface area contributed by atoms with Crippen molar-refractivity contribution >= 4 is 16.0 Å². The SMILES string of the molecule is CCC(CC)CN(CC)S(=O)(=O)CCC(=O)O. The summed E-state index contributed by atoms with van der Waals surface area (Å²) in [5.74, 6) is -1.04. The molecule has 5 nitrogen and oxygen atoms in total. The molecule has 0 radical (unpaired) electrons. The molecule has 0 aromatic rings. The minimum Gasteiger partial charge on any atom is -0.481 e. The quantitative estimate of drug-likeness (QED) is 0.686. The zero-order chi connectivity index (χ0) is 13.5. The first kappa shape index (κ1) is 16.4. The zero-order valence-corrected chi connectivity index (χ0v) is 11.7. The van der Waals surface area contributed by atoms with Gasteiger partial charge < -0.3 is 5.11 Å². The summed E-state index contributed by atoms with van der Waals surface area (Å²) in [6.07, 6.45) is 1.53. The van der Waals surface area contributed by atoms with Crippen molar-refractivity contribution in [2.24, 2.45) is 5.92 Å². The van der Waals surface area contributed by atoms with Crippen LogP contribution in [0.5, 0.6) is 0 Å². The monoisotopic (exact) mass is 265 g/mol. The van der Waals surface area contributed by atoms with E-state index < -0.39 is 16.0 Å². The van der Waals surface area contributed by atoms with Crippen molar-refractivity contribution in [3.63, 3.8) is 0 Å². The number of carboxylic acids is 1. The Morgan fingerprint density at radius 1 is 1.24 bits per heavy atom. The molecule has 0 rings (SSSR count). The Labute approximate surface area is 104 Å². The second kappa shape index (κ2) is 7.66. The third-order valence-corrected chi connectivity index (χ3v) is 4.85. The highest BCUT2D eigenvalue weighted by Gasteiger charge is 2.23. The molecule has 0 bridgehead atoms. The van der Waals surface area contributed by atoms with E-state index >= 15 is 0 Å². The maximum Gasteiger partial charge on any atom is 0.304 e. The lowest BCUT2D eigenvalue weighted by Gasteiger charge is -2.24. The summed E-state index contributed by atoms with van der Waals surface area (Å²) in [5.41, 5.74) is 0. The van der Waals surface area contributed by atoms with E-state index in [0.717, 1.165) is 12.8 Å². The molecular formula is C11H23NO4S. The second-order valence-electron chi connectivity index (χ2n) is 4.09. The predicted octanol–water partition coefficient (Wildman–Crippen LogP) is 1.55. The van der Waals surface area contributed by atoms with Crippen LogP contribution >= 0.6 is 0 Å². The van der Waals surface area contributed by atoms with Gasteiger partial charge in [-0.2, -0.15) is 0 Å². The average molecular weight is 265 g/mol. The molecule has 0 amide bonds. The van der Waals surface area contributed by atoms with Crippen molar-refractivity contribution in [3.05, 3.63) is 0 Å². The molecule has 0 atom stereocenters. The van der Waals surface area contributed by atoms with Crippen LogP contribution in [0.15, 0.2) is 0 Å². The Hall–Kier alpha value is -0.620. The first-order chi connectivity index (χ1) is 7.87. The number of hydrogen-bond acceptors (Lipinski definition) is 3. The van der Waals surface area contributed by atoms with Crippen molar-refractivity contribution < 1.29 is 18.3 Å². The third kappa shape index (κ3) is 6.02. The van der Waals surface area contributed by atoms with Gasteiger partial charge >= 0.3 is 5.97 Å². The normalized spacial score (nSPS) is 12.3. The highest BCUT2D eigenvalue weighted by atomic mass is 32.2. The molecule has 0 aliphatic carbocycles.